The number of nitrogens with zero attached hydrogens (tertiary/aromatic N) is 1. The Labute approximate surface area is 212 Å². The third-order valence-corrected chi connectivity index (χ3v) is 6.65. The maximum atomic E-state index is 15.0. The van der Waals surface area contributed by atoms with E-state index in [0.717, 1.165) is 6.07 Å². The summed E-state index contributed by atoms with van der Waals surface area (Å²) in [6.45, 7) is -0.245. The Hall–Kier alpha value is -3.55. The Morgan fingerprint density at radius 3 is 2.31 bits per heavy atom. The van der Waals surface area contributed by atoms with Gasteiger partial charge in [-0.15, -0.1) is 0 Å². The van der Waals surface area contributed by atoms with Crippen molar-refractivity contribution in [1.82, 2.24) is 4.57 Å². The molecule has 0 spiro atoms. The van der Waals surface area contributed by atoms with Gasteiger partial charge in [0, 0.05) is 37.5 Å². The van der Waals surface area contributed by atoms with E-state index in [0.29, 0.717) is 49.0 Å². The van der Waals surface area contributed by atoms with Crippen LogP contribution >= 0.6 is 23.2 Å². The highest BCUT2D eigenvalue weighted by atomic mass is 35.5. The zero-order valence-electron chi connectivity index (χ0n) is 18.3. The first-order valence-corrected chi connectivity index (χ1v) is 11.4. The molecule has 1 aromatic heterocycles. The molecule has 1 amide bonds. The second-order valence-electron chi connectivity index (χ2n) is 8.17. The molecule has 9 heteroatoms. The molecule has 0 saturated heterocycles. The minimum atomic E-state index is -4.85. The largest absolute Gasteiger partial charge is 0.419 e. The van der Waals surface area contributed by atoms with Crippen LogP contribution in [0.15, 0.2) is 66.7 Å². The van der Waals surface area contributed by atoms with Crippen LogP contribution < -0.4 is 5.73 Å². The molecule has 0 aliphatic rings. The maximum absolute atomic E-state index is 15.0. The normalized spacial score (nSPS) is 11.9. The fourth-order valence-corrected chi connectivity index (χ4v) is 5.06. The number of rotatable bonds is 4. The van der Waals surface area contributed by atoms with Crippen molar-refractivity contribution in [3.8, 4) is 11.1 Å². The van der Waals surface area contributed by atoms with Crippen LogP contribution in [0, 0.1) is 11.9 Å². The predicted octanol–water partition coefficient (Wildman–Crippen LogP) is 7.87. The van der Waals surface area contributed by atoms with Crippen molar-refractivity contribution in [3.63, 3.8) is 0 Å². The third kappa shape index (κ3) is 3.98. The van der Waals surface area contributed by atoms with E-state index in [-0.39, 0.29) is 17.7 Å². The van der Waals surface area contributed by atoms with E-state index in [2.05, 4.69) is 6.07 Å². The number of hydrogen-bond donors (Lipinski definition) is 1. The Balaban J connectivity index is 1.82. The maximum Gasteiger partial charge on any atom is 0.419 e. The van der Waals surface area contributed by atoms with Gasteiger partial charge in [0.25, 0.3) is 0 Å². The third-order valence-electron chi connectivity index (χ3n) is 6.02. The number of amides is 1. The van der Waals surface area contributed by atoms with E-state index >= 15 is 0 Å². The van der Waals surface area contributed by atoms with E-state index in [9.17, 15) is 22.4 Å². The molecule has 0 fully saturated rings. The lowest BCUT2D eigenvalue weighted by atomic mass is 10.0. The van der Waals surface area contributed by atoms with Crippen molar-refractivity contribution < 1.29 is 22.4 Å². The molecule has 1 heterocycles. The Kier molecular flexibility index (Phi) is 5.93. The second kappa shape index (κ2) is 8.84. The number of benzene rings is 4. The molecule has 0 aliphatic heterocycles. The van der Waals surface area contributed by atoms with Gasteiger partial charge in [-0.25, -0.2) is 4.39 Å². The van der Waals surface area contributed by atoms with Crippen LogP contribution in [0.5, 0.6) is 0 Å². The number of aromatic nitrogens is 1. The Morgan fingerprint density at radius 1 is 0.972 bits per heavy atom. The van der Waals surface area contributed by atoms with Gasteiger partial charge in [-0.05, 0) is 54.1 Å². The molecule has 0 unspecified atom stereocenters. The summed E-state index contributed by atoms with van der Waals surface area (Å²) in [7, 11) is 0. The summed E-state index contributed by atoms with van der Waals surface area (Å²) in [4.78, 5) is 12.2. The van der Waals surface area contributed by atoms with E-state index in [4.69, 9.17) is 28.9 Å². The minimum Gasteiger partial charge on any atom is -0.366 e. The molecule has 5 aromatic rings. The minimum absolute atomic E-state index is 0.172. The van der Waals surface area contributed by atoms with Gasteiger partial charge in [0.15, 0.2) is 0 Å². The van der Waals surface area contributed by atoms with Crippen molar-refractivity contribution in [2.45, 2.75) is 12.7 Å². The van der Waals surface area contributed by atoms with Crippen molar-refractivity contribution in [2.75, 3.05) is 0 Å². The first-order chi connectivity index (χ1) is 17.1. The molecule has 4 aromatic carbocycles. The SMILES string of the molecule is NC(=O)c1cccc2c1c1[c]cc(-c3c(Cl)cccc3Cl)cc1n2Cc1cccc(C(F)(F)F)c1F. The number of alkyl halides is 3. The molecule has 5 rings (SSSR count). The van der Waals surface area contributed by atoms with E-state index in [1.54, 1.807) is 53.1 Å². The highest BCUT2D eigenvalue weighted by Crippen LogP contribution is 2.39. The molecule has 1 radical (unpaired) electrons. The Bertz CT molecular complexity index is 1650. The van der Waals surface area contributed by atoms with Gasteiger partial charge in [-0.1, -0.05) is 47.5 Å². The average Bonchev–Trinajstić information content (AvgIpc) is 3.12. The lowest BCUT2D eigenvalue weighted by Crippen LogP contribution is -2.12. The van der Waals surface area contributed by atoms with E-state index in [1.807, 2.05) is 0 Å². The number of primary amides is 1. The lowest BCUT2D eigenvalue weighted by molar-refractivity contribution is -0.140. The molecular weight excluding hydrogens is 515 g/mol. The lowest BCUT2D eigenvalue weighted by Gasteiger charge is -2.14. The second-order valence-corrected chi connectivity index (χ2v) is 8.99. The summed E-state index contributed by atoms with van der Waals surface area (Å²) in [5.41, 5.74) is 6.39. The predicted molar refractivity (Wildman–Crippen MR) is 133 cm³/mol. The highest BCUT2D eigenvalue weighted by Gasteiger charge is 2.35. The van der Waals surface area contributed by atoms with Gasteiger partial charge in [-0.2, -0.15) is 13.2 Å². The molecule has 3 nitrogen and oxygen atoms in total. The highest BCUT2D eigenvalue weighted by molar-refractivity contribution is 6.39. The summed E-state index contributed by atoms with van der Waals surface area (Å²) >= 11 is 12.8. The van der Waals surface area contributed by atoms with E-state index in [1.165, 1.54) is 6.07 Å². The number of nitrogens with two attached hydrogens (primary N) is 1. The zero-order valence-corrected chi connectivity index (χ0v) is 19.8. The number of carbonyl (C=O) groups is 1. The van der Waals surface area contributed by atoms with Crippen LogP contribution in [-0.4, -0.2) is 10.5 Å². The molecule has 181 valence electrons. The summed E-state index contributed by atoms with van der Waals surface area (Å²) in [5.74, 6) is -2.04. The standard InChI is InChI=1S/C27H15Cl2F4N2O/c28-19-7-3-8-20(29)23(19)14-10-11-16-22(12-14)35(21-9-2-5-17(24(16)21)26(34)36)13-15-4-1-6-18(25(15)30)27(31,32)33/h1-10,12H,13H2,(H2,34,36). The Morgan fingerprint density at radius 2 is 1.64 bits per heavy atom. The van der Waals surface area contributed by atoms with Gasteiger partial charge in [0.1, 0.15) is 5.82 Å². The van der Waals surface area contributed by atoms with Gasteiger partial charge in [-0.3, -0.25) is 4.79 Å². The number of halogens is 6. The van der Waals surface area contributed by atoms with Gasteiger partial charge >= 0.3 is 6.18 Å². The van der Waals surface area contributed by atoms with Gasteiger partial charge in [0.05, 0.1) is 23.1 Å². The number of hydrogen-bond acceptors (Lipinski definition) is 1. The fourth-order valence-electron chi connectivity index (χ4n) is 4.44. The summed E-state index contributed by atoms with van der Waals surface area (Å²) in [6, 6.07) is 19.6. The van der Waals surface area contributed by atoms with Gasteiger partial charge in [0.2, 0.25) is 5.91 Å². The van der Waals surface area contributed by atoms with Crippen LogP contribution in [0.4, 0.5) is 17.6 Å². The quantitative estimate of drug-likeness (QED) is 0.236. The van der Waals surface area contributed by atoms with Crippen LogP contribution in [0.2, 0.25) is 10.0 Å². The zero-order chi connectivity index (χ0) is 25.8. The summed E-state index contributed by atoms with van der Waals surface area (Å²) in [5, 5.41) is 1.74. The monoisotopic (exact) mass is 529 g/mol. The smallest absolute Gasteiger partial charge is 0.366 e. The molecule has 36 heavy (non-hydrogen) atoms. The molecule has 0 aliphatic carbocycles. The summed E-state index contributed by atoms with van der Waals surface area (Å²) in [6.07, 6.45) is -4.85. The first kappa shape index (κ1) is 24.2. The average molecular weight is 530 g/mol. The van der Waals surface area contributed by atoms with Crippen LogP contribution in [0.3, 0.4) is 0 Å². The van der Waals surface area contributed by atoms with Gasteiger partial charge < -0.3 is 10.3 Å². The van der Waals surface area contributed by atoms with Crippen molar-refractivity contribution >= 4 is 50.9 Å². The molecule has 0 saturated carbocycles. The fraction of sp³-hybridized carbons (Fsp3) is 0.0741. The van der Waals surface area contributed by atoms with Crippen molar-refractivity contribution in [2.24, 2.45) is 5.73 Å². The number of carbonyl (C=O) groups excluding carboxylic acids is 1. The van der Waals surface area contributed by atoms with Crippen LogP contribution in [-0.2, 0) is 12.7 Å². The molecule has 0 atom stereocenters. The van der Waals surface area contributed by atoms with E-state index < -0.39 is 23.5 Å². The van der Waals surface area contributed by atoms with Crippen LogP contribution in [0.25, 0.3) is 32.9 Å². The summed E-state index contributed by atoms with van der Waals surface area (Å²) < 4.78 is 56.6. The molecule has 0 bridgehead atoms. The van der Waals surface area contributed by atoms with Crippen molar-refractivity contribution in [3.05, 3.63) is 105 Å². The molecular formula is C27H15Cl2F4N2O. The molecule has 2 N–H and O–H groups in total. The van der Waals surface area contributed by atoms with Crippen LogP contribution in [0.1, 0.15) is 21.5 Å². The topological polar surface area (TPSA) is 48.0 Å². The first-order valence-electron chi connectivity index (χ1n) is 10.6. The number of fused-ring (bicyclic) bond motifs is 3. The van der Waals surface area contributed by atoms with Crippen molar-refractivity contribution in [1.29, 1.82) is 0 Å².